The highest BCUT2D eigenvalue weighted by molar-refractivity contribution is 7.95. The van der Waals surface area contributed by atoms with Crippen LogP contribution < -0.4 is 8.61 Å². The van der Waals surface area contributed by atoms with Crippen LogP contribution in [0, 0.1) is 11.6 Å². The molecule has 0 unspecified atom stereocenters. The predicted molar refractivity (Wildman–Crippen MR) is 125 cm³/mol. The molecule has 0 saturated carbocycles. The molecule has 11 heteroatoms. The van der Waals surface area contributed by atoms with Crippen LogP contribution in [0.3, 0.4) is 0 Å². The summed E-state index contributed by atoms with van der Waals surface area (Å²) in [5, 5.41) is 0. The number of hydrogen-bond donors (Lipinski definition) is 0. The van der Waals surface area contributed by atoms with Gasteiger partial charge in [-0.2, -0.15) is 8.42 Å². The molecule has 1 saturated heterocycles. The first-order chi connectivity index (χ1) is 16.0. The molecule has 0 atom stereocenters. The van der Waals surface area contributed by atoms with Crippen LogP contribution in [0.4, 0.5) is 30.6 Å². The highest BCUT2D eigenvalue weighted by Gasteiger charge is 2.41. The van der Waals surface area contributed by atoms with Crippen LogP contribution in [0.1, 0.15) is 20.8 Å². The highest BCUT2D eigenvalue weighted by Crippen LogP contribution is 2.45. The zero-order valence-electron chi connectivity index (χ0n) is 19.4. The summed E-state index contributed by atoms with van der Waals surface area (Å²) in [5.74, 6) is -2.16. The normalized spacial score (nSPS) is 18.2. The van der Waals surface area contributed by atoms with E-state index in [9.17, 15) is 22.0 Å². The molecular weight excluding hydrogens is 466 g/mol. The molecule has 0 aliphatic carbocycles. The van der Waals surface area contributed by atoms with Crippen molar-refractivity contribution in [1.82, 2.24) is 9.80 Å². The van der Waals surface area contributed by atoms with Gasteiger partial charge in [0.05, 0.1) is 17.1 Å². The van der Waals surface area contributed by atoms with Gasteiger partial charge in [-0.3, -0.25) is 4.90 Å². The van der Waals surface area contributed by atoms with Gasteiger partial charge in [-0.1, -0.05) is 12.1 Å². The van der Waals surface area contributed by atoms with Gasteiger partial charge in [0.15, 0.2) is 11.6 Å². The molecular formula is C23H28F2N4O4S. The molecule has 2 heterocycles. The van der Waals surface area contributed by atoms with Gasteiger partial charge < -0.3 is 9.64 Å². The summed E-state index contributed by atoms with van der Waals surface area (Å²) in [6, 6.07) is 9.78. The van der Waals surface area contributed by atoms with E-state index in [2.05, 4.69) is 4.90 Å². The van der Waals surface area contributed by atoms with Gasteiger partial charge >= 0.3 is 16.3 Å². The van der Waals surface area contributed by atoms with E-state index in [0.29, 0.717) is 44.1 Å². The van der Waals surface area contributed by atoms with E-state index in [1.807, 2.05) is 20.8 Å². The Morgan fingerprint density at radius 3 is 2.21 bits per heavy atom. The smallest absolute Gasteiger partial charge is 0.410 e. The number of benzene rings is 2. The Bertz CT molecular complexity index is 1180. The van der Waals surface area contributed by atoms with Gasteiger partial charge in [0.1, 0.15) is 5.60 Å². The second-order valence-corrected chi connectivity index (χ2v) is 10.9. The van der Waals surface area contributed by atoms with Crippen molar-refractivity contribution < 1.29 is 26.7 Å². The first kappa shape index (κ1) is 24.2. The topological polar surface area (TPSA) is 73.4 Å². The minimum atomic E-state index is -4.05. The first-order valence-electron chi connectivity index (χ1n) is 11.0. The van der Waals surface area contributed by atoms with Crippen LogP contribution in [-0.2, 0) is 14.9 Å². The average molecular weight is 495 g/mol. The summed E-state index contributed by atoms with van der Waals surface area (Å²) in [4.78, 5) is 16.0. The minimum Gasteiger partial charge on any atom is -0.444 e. The first-order valence-corrected chi connectivity index (χ1v) is 12.4. The van der Waals surface area contributed by atoms with Crippen molar-refractivity contribution in [1.29, 1.82) is 0 Å². The van der Waals surface area contributed by atoms with E-state index >= 15 is 0 Å². The molecule has 0 spiro atoms. The van der Waals surface area contributed by atoms with E-state index in [1.54, 1.807) is 29.2 Å². The van der Waals surface area contributed by atoms with E-state index in [4.69, 9.17) is 4.74 Å². The number of fused-ring (bicyclic) bond motifs is 1. The van der Waals surface area contributed by atoms with Crippen molar-refractivity contribution in [3.8, 4) is 0 Å². The Morgan fingerprint density at radius 2 is 1.59 bits per heavy atom. The molecule has 1 amide bonds. The SMILES string of the molecule is CC(C)(C)OC(=O)N1CCN(CCN2c3ccccc3N(c3ccc(F)c(F)c3)S2(=O)=O)CC1. The fraction of sp³-hybridized carbons (Fsp3) is 0.435. The average Bonchev–Trinajstić information content (AvgIpc) is 2.99. The predicted octanol–water partition coefficient (Wildman–Crippen LogP) is 3.72. The van der Waals surface area contributed by atoms with Gasteiger partial charge in [-0.15, -0.1) is 0 Å². The Hall–Kier alpha value is -2.92. The van der Waals surface area contributed by atoms with E-state index < -0.39 is 27.4 Å². The van der Waals surface area contributed by atoms with E-state index in [0.717, 1.165) is 16.4 Å². The second kappa shape index (κ2) is 9.03. The molecule has 1 fully saturated rings. The van der Waals surface area contributed by atoms with Crippen molar-refractivity contribution in [2.45, 2.75) is 26.4 Å². The van der Waals surface area contributed by atoms with E-state index in [-0.39, 0.29) is 18.3 Å². The van der Waals surface area contributed by atoms with Crippen molar-refractivity contribution in [3.63, 3.8) is 0 Å². The third-order valence-electron chi connectivity index (χ3n) is 5.66. The monoisotopic (exact) mass is 494 g/mol. The number of carbonyl (C=O) groups is 1. The van der Waals surface area contributed by atoms with Gasteiger partial charge in [0, 0.05) is 45.3 Å². The number of rotatable bonds is 4. The van der Waals surface area contributed by atoms with Gasteiger partial charge in [-0.25, -0.2) is 22.2 Å². The molecule has 2 aromatic rings. The van der Waals surface area contributed by atoms with Gasteiger partial charge in [-0.05, 0) is 45.0 Å². The summed E-state index contributed by atoms with van der Waals surface area (Å²) in [7, 11) is -4.05. The summed E-state index contributed by atoms with van der Waals surface area (Å²) in [6.45, 7) is 8.21. The Labute approximate surface area is 198 Å². The molecule has 2 aliphatic heterocycles. The Kier molecular flexibility index (Phi) is 6.43. The Morgan fingerprint density at radius 1 is 0.941 bits per heavy atom. The summed E-state index contributed by atoms with van der Waals surface area (Å²) in [5.41, 5.74) is 0.313. The molecule has 0 bridgehead atoms. The Balaban J connectivity index is 1.46. The number of carbonyl (C=O) groups excluding carboxylic acids is 1. The number of piperazine rings is 1. The lowest BCUT2D eigenvalue weighted by Crippen LogP contribution is -2.51. The van der Waals surface area contributed by atoms with Crippen LogP contribution >= 0.6 is 0 Å². The second-order valence-electron chi connectivity index (χ2n) is 9.24. The van der Waals surface area contributed by atoms with Crippen LogP contribution in [-0.4, -0.2) is 69.2 Å². The zero-order chi connectivity index (χ0) is 24.7. The maximum absolute atomic E-state index is 13.9. The number of nitrogens with zero attached hydrogens (tertiary/aromatic N) is 4. The molecule has 8 nitrogen and oxygen atoms in total. The lowest BCUT2D eigenvalue weighted by atomic mass is 10.2. The summed E-state index contributed by atoms with van der Waals surface area (Å²) < 4.78 is 61.9. The summed E-state index contributed by atoms with van der Waals surface area (Å²) in [6.07, 6.45) is -0.356. The maximum Gasteiger partial charge on any atom is 0.410 e. The number of halogens is 2. The van der Waals surface area contributed by atoms with Gasteiger partial charge in [0.25, 0.3) is 0 Å². The summed E-state index contributed by atoms with van der Waals surface area (Å²) >= 11 is 0. The van der Waals surface area contributed by atoms with E-state index in [1.165, 1.54) is 10.4 Å². The molecule has 0 N–H and O–H groups in total. The number of hydrogen-bond acceptors (Lipinski definition) is 5. The third-order valence-corrected chi connectivity index (χ3v) is 7.46. The molecule has 4 rings (SSSR count). The lowest BCUT2D eigenvalue weighted by Gasteiger charge is -2.36. The fourth-order valence-corrected chi connectivity index (χ4v) is 5.72. The largest absolute Gasteiger partial charge is 0.444 e. The number of anilines is 3. The number of amides is 1. The van der Waals surface area contributed by atoms with Crippen LogP contribution in [0.2, 0.25) is 0 Å². The maximum atomic E-state index is 13.9. The van der Waals surface area contributed by atoms with Crippen molar-refractivity contribution in [3.05, 3.63) is 54.1 Å². The van der Waals surface area contributed by atoms with Crippen LogP contribution in [0.15, 0.2) is 42.5 Å². The lowest BCUT2D eigenvalue weighted by molar-refractivity contribution is 0.0148. The fourth-order valence-electron chi connectivity index (χ4n) is 4.03. The molecule has 0 radical (unpaired) electrons. The van der Waals surface area contributed by atoms with Crippen molar-refractivity contribution >= 4 is 33.4 Å². The van der Waals surface area contributed by atoms with Gasteiger partial charge in [0.2, 0.25) is 0 Å². The minimum absolute atomic E-state index is 0.0276. The third kappa shape index (κ3) is 4.80. The standard InChI is InChI=1S/C23H28F2N4O4S/c1-23(2,3)33-22(30)27-13-10-26(11-14-27)12-15-28-20-6-4-5-7-21(20)29(34(28,31)32)17-8-9-18(24)19(25)16-17/h4-9,16H,10-15H2,1-3H3. The molecule has 34 heavy (non-hydrogen) atoms. The van der Waals surface area contributed by atoms with Crippen molar-refractivity contribution in [2.75, 3.05) is 47.9 Å². The zero-order valence-corrected chi connectivity index (χ0v) is 20.2. The number of para-hydroxylation sites is 2. The molecule has 184 valence electrons. The number of ether oxygens (including phenoxy) is 1. The quantitative estimate of drug-likeness (QED) is 0.648. The highest BCUT2D eigenvalue weighted by atomic mass is 32.2. The van der Waals surface area contributed by atoms with Crippen LogP contribution in [0.25, 0.3) is 0 Å². The molecule has 0 aromatic heterocycles. The molecule has 2 aliphatic rings. The molecule has 2 aromatic carbocycles. The van der Waals surface area contributed by atoms with Crippen LogP contribution in [0.5, 0.6) is 0 Å². The van der Waals surface area contributed by atoms with Crippen molar-refractivity contribution in [2.24, 2.45) is 0 Å².